The Morgan fingerprint density at radius 1 is 1.06 bits per heavy atom. The van der Waals surface area contributed by atoms with Crippen LogP contribution in [0.3, 0.4) is 0 Å². The van der Waals surface area contributed by atoms with Crippen molar-refractivity contribution in [2.24, 2.45) is 0 Å². The number of nitrogens with zero attached hydrogens (tertiary/aromatic N) is 1. The van der Waals surface area contributed by atoms with Crippen LogP contribution >= 0.6 is 15.9 Å². The fourth-order valence-corrected chi connectivity index (χ4v) is 2.32. The van der Waals surface area contributed by atoms with Crippen molar-refractivity contribution in [3.05, 3.63) is 40.9 Å². The van der Waals surface area contributed by atoms with Crippen LogP contribution in [0, 0.1) is 0 Å². The van der Waals surface area contributed by atoms with Crippen molar-refractivity contribution in [3.8, 4) is 5.75 Å². The molecule has 0 radical (unpaired) electrons. The fraction of sp³-hybridized carbons (Fsp3) is 0.167. The molecule has 0 saturated heterocycles. The number of hydrogen-bond donors (Lipinski definition) is 0. The molecule has 0 fully saturated rings. The zero-order chi connectivity index (χ0) is 13.3. The Hall–Kier alpha value is -1.11. The highest BCUT2D eigenvalue weighted by Gasteiger charge is 2.15. The Labute approximate surface area is 115 Å². The minimum absolute atomic E-state index is 0.304. The fourth-order valence-electron chi connectivity index (χ4n) is 1.44. The first-order chi connectivity index (χ1) is 8.38. The third kappa shape index (κ3) is 2.82. The molecule has 2 aromatic carbocycles. The topological polar surface area (TPSA) is 46.6 Å². The monoisotopic (exact) mass is 329 g/mol. The van der Waals surface area contributed by atoms with Gasteiger partial charge in [0.2, 0.25) is 0 Å². The minimum atomic E-state index is -3.70. The van der Waals surface area contributed by atoms with E-state index in [1.165, 1.54) is 14.1 Å². The lowest BCUT2D eigenvalue weighted by molar-refractivity contribution is 0.421. The first-order valence-corrected chi connectivity index (χ1v) is 7.35. The van der Waals surface area contributed by atoms with Crippen molar-refractivity contribution >= 4 is 37.0 Å². The predicted molar refractivity (Wildman–Crippen MR) is 74.9 cm³/mol. The lowest BCUT2D eigenvalue weighted by Crippen LogP contribution is -2.26. The van der Waals surface area contributed by atoms with Gasteiger partial charge in [0.25, 0.3) is 0 Å². The van der Waals surface area contributed by atoms with E-state index in [1.807, 2.05) is 24.3 Å². The lowest BCUT2D eigenvalue weighted by atomic mass is 10.1. The maximum absolute atomic E-state index is 11.6. The van der Waals surface area contributed by atoms with E-state index >= 15 is 0 Å². The molecule has 0 unspecified atom stereocenters. The summed E-state index contributed by atoms with van der Waals surface area (Å²) >= 11 is 3.39. The summed E-state index contributed by atoms with van der Waals surface area (Å²) in [7, 11) is -0.856. The molecule has 2 aromatic rings. The van der Waals surface area contributed by atoms with E-state index in [0.717, 1.165) is 19.6 Å². The average molecular weight is 330 g/mol. The second-order valence-electron chi connectivity index (χ2n) is 3.98. The van der Waals surface area contributed by atoms with Gasteiger partial charge in [-0.2, -0.15) is 12.7 Å². The summed E-state index contributed by atoms with van der Waals surface area (Å²) in [4.78, 5) is 0. The van der Waals surface area contributed by atoms with E-state index in [2.05, 4.69) is 15.9 Å². The third-order valence-corrected chi connectivity index (χ3v) is 4.21. The van der Waals surface area contributed by atoms with Gasteiger partial charge in [-0.15, -0.1) is 0 Å². The molecule has 0 spiro atoms. The van der Waals surface area contributed by atoms with Crippen LogP contribution in [-0.2, 0) is 10.3 Å². The molecule has 0 atom stereocenters. The van der Waals surface area contributed by atoms with Gasteiger partial charge in [-0.25, -0.2) is 0 Å². The van der Waals surface area contributed by atoms with E-state index in [-0.39, 0.29) is 0 Å². The SMILES string of the molecule is CN(C)S(=O)(=O)Oc1ccc2cc(Br)ccc2c1. The molecule has 0 aliphatic carbocycles. The van der Waals surface area contributed by atoms with Crippen LogP contribution in [0.2, 0.25) is 0 Å². The highest BCUT2D eigenvalue weighted by atomic mass is 79.9. The van der Waals surface area contributed by atoms with E-state index < -0.39 is 10.3 Å². The second kappa shape index (κ2) is 4.87. The van der Waals surface area contributed by atoms with E-state index in [4.69, 9.17) is 4.18 Å². The maximum atomic E-state index is 11.6. The average Bonchev–Trinajstić information content (AvgIpc) is 2.28. The van der Waals surface area contributed by atoms with Crippen molar-refractivity contribution in [1.82, 2.24) is 4.31 Å². The molecule has 0 amide bonds. The van der Waals surface area contributed by atoms with Crippen LogP contribution in [0.4, 0.5) is 0 Å². The van der Waals surface area contributed by atoms with Crippen LogP contribution in [-0.4, -0.2) is 26.8 Å². The quantitative estimate of drug-likeness (QED) is 0.869. The Balaban J connectivity index is 2.40. The predicted octanol–water partition coefficient (Wildman–Crippen LogP) is 2.79. The molecule has 96 valence electrons. The molecule has 0 aromatic heterocycles. The highest BCUT2D eigenvalue weighted by molar-refractivity contribution is 9.10. The van der Waals surface area contributed by atoms with Crippen LogP contribution in [0.5, 0.6) is 5.75 Å². The molecule has 0 N–H and O–H groups in total. The minimum Gasteiger partial charge on any atom is -0.371 e. The van der Waals surface area contributed by atoms with Gasteiger partial charge in [-0.05, 0) is 35.0 Å². The lowest BCUT2D eigenvalue weighted by Gasteiger charge is -2.12. The Morgan fingerprint density at radius 2 is 1.67 bits per heavy atom. The first kappa shape index (κ1) is 13.3. The summed E-state index contributed by atoms with van der Waals surface area (Å²) in [6.07, 6.45) is 0. The summed E-state index contributed by atoms with van der Waals surface area (Å²) in [6.45, 7) is 0. The Morgan fingerprint density at radius 3 is 2.33 bits per heavy atom. The van der Waals surface area contributed by atoms with Crippen LogP contribution in [0.1, 0.15) is 0 Å². The first-order valence-electron chi connectivity index (χ1n) is 5.20. The van der Waals surface area contributed by atoms with Gasteiger partial charge >= 0.3 is 10.3 Å². The van der Waals surface area contributed by atoms with Crippen molar-refractivity contribution < 1.29 is 12.6 Å². The molecule has 0 saturated carbocycles. The maximum Gasteiger partial charge on any atom is 0.384 e. The number of rotatable bonds is 3. The molecule has 0 bridgehead atoms. The van der Waals surface area contributed by atoms with Crippen molar-refractivity contribution in [3.63, 3.8) is 0 Å². The largest absolute Gasteiger partial charge is 0.384 e. The Bertz CT molecular complexity index is 683. The van der Waals surface area contributed by atoms with Gasteiger partial charge < -0.3 is 4.18 Å². The summed E-state index contributed by atoms with van der Waals surface area (Å²) in [5.74, 6) is 0.304. The molecule has 0 heterocycles. The molecule has 18 heavy (non-hydrogen) atoms. The van der Waals surface area contributed by atoms with Gasteiger partial charge in [-0.3, -0.25) is 0 Å². The van der Waals surface area contributed by atoms with Crippen molar-refractivity contribution in [1.29, 1.82) is 0 Å². The van der Waals surface area contributed by atoms with Gasteiger partial charge in [0.05, 0.1) is 0 Å². The van der Waals surface area contributed by atoms with Gasteiger partial charge in [0, 0.05) is 18.6 Å². The van der Waals surface area contributed by atoms with Crippen LogP contribution in [0.15, 0.2) is 40.9 Å². The van der Waals surface area contributed by atoms with Crippen LogP contribution < -0.4 is 4.18 Å². The van der Waals surface area contributed by atoms with Gasteiger partial charge in [0.1, 0.15) is 5.75 Å². The molecule has 0 aliphatic heterocycles. The molecular formula is C12H12BrNO3S. The number of benzene rings is 2. The molecule has 2 rings (SSSR count). The number of fused-ring (bicyclic) bond motifs is 1. The zero-order valence-corrected chi connectivity index (χ0v) is 12.3. The molecule has 0 aliphatic rings. The summed E-state index contributed by atoms with van der Waals surface area (Å²) in [5.41, 5.74) is 0. The van der Waals surface area contributed by atoms with E-state index in [0.29, 0.717) is 5.75 Å². The normalized spacial score (nSPS) is 12.0. The zero-order valence-electron chi connectivity index (χ0n) is 9.92. The van der Waals surface area contributed by atoms with E-state index in [9.17, 15) is 8.42 Å². The summed E-state index contributed by atoms with van der Waals surface area (Å²) < 4.78 is 30.2. The van der Waals surface area contributed by atoms with E-state index in [1.54, 1.807) is 12.1 Å². The van der Waals surface area contributed by atoms with Gasteiger partial charge in [-0.1, -0.05) is 28.1 Å². The highest BCUT2D eigenvalue weighted by Crippen LogP contribution is 2.25. The Kier molecular flexibility index (Phi) is 3.61. The summed E-state index contributed by atoms with van der Waals surface area (Å²) in [6, 6.07) is 10.9. The van der Waals surface area contributed by atoms with Gasteiger partial charge in [0.15, 0.2) is 0 Å². The smallest absolute Gasteiger partial charge is 0.371 e. The molecule has 6 heteroatoms. The standard InChI is InChI=1S/C12H12BrNO3S/c1-14(2)18(15,16)17-12-6-4-9-7-11(13)5-3-10(9)8-12/h3-8H,1-2H3. The van der Waals surface area contributed by atoms with Crippen molar-refractivity contribution in [2.45, 2.75) is 0 Å². The third-order valence-electron chi connectivity index (χ3n) is 2.42. The van der Waals surface area contributed by atoms with Crippen molar-refractivity contribution in [2.75, 3.05) is 14.1 Å². The number of hydrogen-bond acceptors (Lipinski definition) is 3. The summed E-state index contributed by atoms with van der Waals surface area (Å²) in [5, 5.41) is 1.93. The molecular weight excluding hydrogens is 318 g/mol. The molecule has 4 nitrogen and oxygen atoms in total. The number of halogens is 1. The second-order valence-corrected chi connectivity index (χ2v) is 6.64. The van der Waals surface area contributed by atoms with Crippen LogP contribution in [0.25, 0.3) is 10.8 Å².